The van der Waals surface area contributed by atoms with Crippen molar-refractivity contribution >= 4 is 28.6 Å². The maximum atomic E-state index is 12.9. The molecule has 0 saturated heterocycles. The van der Waals surface area contributed by atoms with Gasteiger partial charge in [0.05, 0.1) is 5.56 Å². The molecule has 0 atom stereocenters. The number of hydrogen-bond donors (Lipinski definition) is 0. The third-order valence-electron chi connectivity index (χ3n) is 1.85. The van der Waals surface area contributed by atoms with Crippen molar-refractivity contribution in [2.24, 2.45) is 0 Å². The summed E-state index contributed by atoms with van der Waals surface area (Å²) < 4.78 is 18.6. The summed E-state index contributed by atoms with van der Waals surface area (Å²) in [4.78, 5) is 11.6. The summed E-state index contributed by atoms with van der Waals surface area (Å²) in [6.45, 7) is 4.05. The van der Waals surface area contributed by atoms with Crippen LogP contribution in [0.1, 0.15) is 24.2 Å². The Morgan fingerprint density at radius 3 is 2.81 bits per heavy atom. The van der Waals surface area contributed by atoms with E-state index < -0.39 is 11.8 Å². The molecule has 0 aliphatic rings. The molecule has 0 spiro atoms. The first-order chi connectivity index (χ1) is 7.50. The third-order valence-corrected chi connectivity index (χ3v) is 2.80. The van der Waals surface area contributed by atoms with Crippen molar-refractivity contribution in [3.05, 3.63) is 44.8 Å². The van der Waals surface area contributed by atoms with Gasteiger partial charge in [-0.05, 0) is 60.7 Å². The van der Waals surface area contributed by atoms with Crippen LogP contribution >= 0.6 is 22.6 Å². The van der Waals surface area contributed by atoms with Gasteiger partial charge in [0.15, 0.2) is 0 Å². The van der Waals surface area contributed by atoms with E-state index in [1.807, 2.05) is 36.4 Å². The van der Waals surface area contributed by atoms with E-state index >= 15 is 0 Å². The summed E-state index contributed by atoms with van der Waals surface area (Å²) in [5.41, 5.74) is 1.34. The van der Waals surface area contributed by atoms with Crippen LogP contribution in [0.25, 0.3) is 0 Å². The number of allylic oxidation sites excluding steroid dienone is 1. The summed E-state index contributed by atoms with van der Waals surface area (Å²) in [6.07, 6.45) is 1.80. The fraction of sp³-hybridized carbons (Fsp3) is 0.250. The second-order valence-corrected chi connectivity index (χ2v) is 4.67. The van der Waals surface area contributed by atoms with E-state index in [4.69, 9.17) is 4.74 Å². The Kier molecular flexibility index (Phi) is 4.92. The highest BCUT2D eigenvalue weighted by atomic mass is 127. The molecule has 0 unspecified atom stereocenters. The highest BCUT2D eigenvalue weighted by Crippen LogP contribution is 2.14. The molecule has 1 aromatic rings. The number of halogens is 2. The maximum Gasteiger partial charge on any atom is 0.339 e. The fourth-order valence-corrected chi connectivity index (χ4v) is 1.57. The standard InChI is InChI=1S/C12H12FIO2/c1-8(2)5-6-16-12(15)10-7-9(13)3-4-11(10)14/h3-5,7H,6H2,1-2H3. The molecule has 0 N–H and O–H groups in total. The molecule has 1 aromatic carbocycles. The number of rotatable bonds is 3. The first-order valence-corrected chi connectivity index (χ1v) is 5.84. The average Bonchev–Trinajstić information content (AvgIpc) is 2.21. The van der Waals surface area contributed by atoms with Gasteiger partial charge in [0, 0.05) is 3.57 Å². The highest BCUT2D eigenvalue weighted by molar-refractivity contribution is 14.1. The molecule has 2 nitrogen and oxygen atoms in total. The Morgan fingerprint density at radius 1 is 1.50 bits per heavy atom. The van der Waals surface area contributed by atoms with Crippen LogP contribution in [0.15, 0.2) is 29.8 Å². The number of ether oxygens (including phenoxy) is 1. The van der Waals surface area contributed by atoms with Crippen LogP contribution in [-0.4, -0.2) is 12.6 Å². The van der Waals surface area contributed by atoms with Gasteiger partial charge in [0.25, 0.3) is 0 Å². The molecule has 0 fully saturated rings. The second kappa shape index (κ2) is 5.98. The van der Waals surface area contributed by atoms with Gasteiger partial charge in [0.1, 0.15) is 12.4 Å². The topological polar surface area (TPSA) is 26.3 Å². The Morgan fingerprint density at radius 2 is 2.19 bits per heavy atom. The van der Waals surface area contributed by atoms with E-state index in [2.05, 4.69) is 0 Å². The smallest absolute Gasteiger partial charge is 0.339 e. The number of carbonyl (C=O) groups excluding carboxylic acids is 1. The lowest BCUT2D eigenvalue weighted by molar-refractivity contribution is 0.0547. The molecule has 4 heteroatoms. The van der Waals surface area contributed by atoms with Crippen molar-refractivity contribution in [1.29, 1.82) is 0 Å². The van der Waals surface area contributed by atoms with Gasteiger partial charge in [-0.25, -0.2) is 9.18 Å². The zero-order chi connectivity index (χ0) is 12.1. The third kappa shape index (κ3) is 3.92. The zero-order valence-corrected chi connectivity index (χ0v) is 11.2. The average molecular weight is 334 g/mol. The summed E-state index contributed by atoms with van der Waals surface area (Å²) in [5.74, 6) is -0.934. The van der Waals surface area contributed by atoms with E-state index in [1.165, 1.54) is 12.1 Å². The number of hydrogen-bond acceptors (Lipinski definition) is 2. The van der Waals surface area contributed by atoms with Crippen molar-refractivity contribution in [2.45, 2.75) is 13.8 Å². The maximum absolute atomic E-state index is 12.9. The van der Waals surface area contributed by atoms with E-state index in [0.29, 0.717) is 3.57 Å². The summed E-state index contributed by atoms with van der Waals surface area (Å²) in [6, 6.07) is 4.05. The van der Waals surface area contributed by atoms with Crippen LogP contribution in [0.4, 0.5) is 4.39 Å². The molecule has 0 aliphatic carbocycles. The zero-order valence-electron chi connectivity index (χ0n) is 9.09. The molecule has 0 bridgehead atoms. The van der Waals surface area contributed by atoms with E-state index in [9.17, 15) is 9.18 Å². The van der Waals surface area contributed by atoms with Crippen LogP contribution in [0, 0.1) is 9.39 Å². The highest BCUT2D eigenvalue weighted by Gasteiger charge is 2.11. The molecule has 16 heavy (non-hydrogen) atoms. The molecule has 0 aliphatic heterocycles. The van der Waals surface area contributed by atoms with Crippen LogP contribution in [-0.2, 0) is 4.74 Å². The quantitative estimate of drug-likeness (QED) is 0.480. The minimum absolute atomic E-state index is 0.216. The number of esters is 1. The minimum atomic E-state index is -0.499. The molecule has 0 amide bonds. The minimum Gasteiger partial charge on any atom is -0.458 e. The monoisotopic (exact) mass is 334 g/mol. The molecule has 0 radical (unpaired) electrons. The van der Waals surface area contributed by atoms with Gasteiger partial charge < -0.3 is 4.74 Å². The lowest BCUT2D eigenvalue weighted by Gasteiger charge is -2.04. The largest absolute Gasteiger partial charge is 0.458 e. The van der Waals surface area contributed by atoms with Gasteiger partial charge in [-0.2, -0.15) is 0 Å². The molecular weight excluding hydrogens is 322 g/mol. The van der Waals surface area contributed by atoms with Crippen molar-refractivity contribution in [2.75, 3.05) is 6.61 Å². The van der Waals surface area contributed by atoms with Crippen LogP contribution in [0.3, 0.4) is 0 Å². The predicted molar refractivity (Wildman–Crippen MR) is 68.8 cm³/mol. The van der Waals surface area contributed by atoms with E-state index in [0.717, 1.165) is 5.57 Å². The molecule has 1 rings (SSSR count). The molecule has 0 saturated carbocycles. The Hall–Kier alpha value is -0.910. The first-order valence-electron chi connectivity index (χ1n) is 4.76. The summed E-state index contributed by atoms with van der Waals surface area (Å²) in [7, 11) is 0. The lowest BCUT2D eigenvalue weighted by atomic mass is 10.2. The van der Waals surface area contributed by atoms with Gasteiger partial charge in [-0.15, -0.1) is 0 Å². The number of carbonyl (C=O) groups is 1. The van der Waals surface area contributed by atoms with Crippen LogP contribution in [0.2, 0.25) is 0 Å². The molecular formula is C12H12FIO2. The van der Waals surface area contributed by atoms with E-state index in [-0.39, 0.29) is 12.2 Å². The van der Waals surface area contributed by atoms with Crippen molar-refractivity contribution in [3.63, 3.8) is 0 Å². The normalized spacial score (nSPS) is 9.75. The van der Waals surface area contributed by atoms with Gasteiger partial charge in [0.2, 0.25) is 0 Å². The van der Waals surface area contributed by atoms with Crippen LogP contribution < -0.4 is 0 Å². The summed E-state index contributed by atoms with van der Waals surface area (Å²) >= 11 is 1.97. The fourth-order valence-electron chi connectivity index (χ4n) is 1.02. The Balaban J connectivity index is 2.73. The van der Waals surface area contributed by atoms with Gasteiger partial charge in [-0.3, -0.25) is 0 Å². The van der Waals surface area contributed by atoms with E-state index in [1.54, 1.807) is 12.1 Å². The molecule has 0 aromatic heterocycles. The van der Waals surface area contributed by atoms with Crippen molar-refractivity contribution in [1.82, 2.24) is 0 Å². The number of benzene rings is 1. The first kappa shape index (κ1) is 13.2. The van der Waals surface area contributed by atoms with Gasteiger partial charge >= 0.3 is 5.97 Å². The summed E-state index contributed by atoms with van der Waals surface area (Å²) in [5, 5.41) is 0. The second-order valence-electron chi connectivity index (χ2n) is 3.50. The van der Waals surface area contributed by atoms with Crippen molar-refractivity contribution < 1.29 is 13.9 Å². The molecule has 86 valence electrons. The Bertz CT molecular complexity index is 423. The van der Waals surface area contributed by atoms with Crippen molar-refractivity contribution in [3.8, 4) is 0 Å². The Labute approximate surface area is 108 Å². The predicted octanol–water partition coefficient (Wildman–Crippen LogP) is 3.55. The van der Waals surface area contributed by atoms with Crippen LogP contribution in [0.5, 0.6) is 0 Å². The van der Waals surface area contributed by atoms with Gasteiger partial charge in [-0.1, -0.05) is 5.57 Å². The molecule has 0 heterocycles. The lowest BCUT2D eigenvalue weighted by Crippen LogP contribution is -2.07. The SMILES string of the molecule is CC(C)=CCOC(=O)c1cc(F)ccc1I.